The van der Waals surface area contributed by atoms with Crippen LogP contribution in [0.25, 0.3) is 0 Å². The smallest absolute Gasteiger partial charge is 0.233 e. The number of halogens is 1. The Morgan fingerprint density at radius 1 is 1.29 bits per heavy atom. The normalized spacial score (nSPS) is 16.2. The molecule has 21 heavy (non-hydrogen) atoms. The van der Waals surface area contributed by atoms with Crippen LogP contribution in [-0.2, 0) is 19.6 Å². The number of rotatable bonds is 9. The molecule has 0 aromatic carbocycles. The second-order valence-electron chi connectivity index (χ2n) is 4.35. The van der Waals surface area contributed by atoms with Crippen LogP contribution in [0.15, 0.2) is 0 Å². The Hall–Kier alpha value is -0.0600. The van der Waals surface area contributed by atoms with Crippen LogP contribution in [0, 0.1) is 0 Å². The number of thioether (sulfide) groups is 1. The first-order chi connectivity index (χ1) is 9.56. The molecule has 0 aromatic heterocycles. The molecule has 1 aliphatic heterocycles. The number of sulfonamides is 1. The van der Waals surface area contributed by atoms with Crippen molar-refractivity contribution in [3.8, 4) is 0 Å². The van der Waals surface area contributed by atoms with Crippen molar-refractivity contribution in [1.82, 2.24) is 14.9 Å². The highest BCUT2D eigenvalue weighted by Crippen LogP contribution is 2.12. The van der Waals surface area contributed by atoms with E-state index in [-0.39, 0.29) is 37.2 Å². The van der Waals surface area contributed by atoms with E-state index in [1.807, 2.05) is 0 Å². The molecule has 7 nitrogen and oxygen atoms in total. The average molecular weight is 362 g/mol. The molecule has 1 fully saturated rings. The van der Waals surface area contributed by atoms with Gasteiger partial charge in [0.05, 0.1) is 18.9 Å². The van der Waals surface area contributed by atoms with Crippen LogP contribution in [0.4, 0.5) is 0 Å². The number of methoxy groups -OCH3 is 1. The molecule has 0 spiro atoms. The van der Waals surface area contributed by atoms with Crippen LogP contribution in [0.1, 0.15) is 0 Å². The van der Waals surface area contributed by atoms with Crippen LogP contribution in [0.2, 0.25) is 0 Å². The molecular weight excluding hydrogens is 338 g/mol. The summed E-state index contributed by atoms with van der Waals surface area (Å²) >= 11 is 1.76. The zero-order valence-corrected chi connectivity index (χ0v) is 14.6. The van der Waals surface area contributed by atoms with Crippen molar-refractivity contribution in [3.63, 3.8) is 0 Å². The highest BCUT2D eigenvalue weighted by molar-refractivity contribution is 7.99. The van der Waals surface area contributed by atoms with Gasteiger partial charge in [0, 0.05) is 44.8 Å². The third-order valence-electron chi connectivity index (χ3n) is 2.81. The zero-order valence-electron chi connectivity index (χ0n) is 12.2. The lowest BCUT2D eigenvalue weighted by molar-refractivity contribution is -0.120. The summed E-state index contributed by atoms with van der Waals surface area (Å²) in [6.45, 7) is 2.59. The maximum atomic E-state index is 12.0. The first-order valence-electron chi connectivity index (χ1n) is 6.58. The molecule has 0 bridgehead atoms. The molecule has 1 rings (SSSR count). The number of ether oxygens (including phenoxy) is 1. The van der Waals surface area contributed by atoms with E-state index >= 15 is 0 Å². The van der Waals surface area contributed by atoms with Crippen molar-refractivity contribution >= 4 is 40.1 Å². The number of nitrogens with one attached hydrogen (secondary N) is 2. The third kappa shape index (κ3) is 8.84. The quantitative estimate of drug-likeness (QED) is 0.520. The Bertz CT molecular complexity index is 389. The SMILES string of the molecule is COCCNCC(=O)NCCS(=O)(=O)N1CCSCC1.Cl. The summed E-state index contributed by atoms with van der Waals surface area (Å²) in [7, 11) is -1.65. The average Bonchev–Trinajstić information content (AvgIpc) is 2.44. The van der Waals surface area contributed by atoms with E-state index in [0.717, 1.165) is 11.5 Å². The van der Waals surface area contributed by atoms with Crippen LogP contribution in [-0.4, -0.2) is 82.3 Å². The van der Waals surface area contributed by atoms with Gasteiger partial charge in [0.25, 0.3) is 0 Å². The summed E-state index contributed by atoms with van der Waals surface area (Å²) in [5.41, 5.74) is 0. The summed E-state index contributed by atoms with van der Waals surface area (Å²) in [5.74, 6) is 1.44. The Labute approximate surface area is 137 Å². The highest BCUT2D eigenvalue weighted by atomic mass is 35.5. The van der Waals surface area contributed by atoms with Gasteiger partial charge in [-0.2, -0.15) is 11.8 Å². The second kappa shape index (κ2) is 11.5. The standard InChI is InChI=1S/C11H23N3O4S2.ClH/c1-18-6-2-12-10-11(15)13-3-9-20(16,17)14-4-7-19-8-5-14;/h12H,2-10H2,1H3,(H,13,15);1H. The highest BCUT2D eigenvalue weighted by Gasteiger charge is 2.23. The number of nitrogens with zero attached hydrogens (tertiary/aromatic N) is 1. The number of hydrogen-bond acceptors (Lipinski definition) is 6. The lowest BCUT2D eigenvalue weighted by Gasteiger charge is -2.25. The lowest BCUT2D eigenvalue weighted by atomic mass is 10.5. The van der Waals surface area contributed by atoms with Crippen molar-refractivity contribution in [2.45, 2.75) is 0 Å². The largest absolute Gasteiger partial charge is 0.383 e. The van der Waals surface area contributed by atoms with Gasteiger partial charge >= 0.3 is 0 Å². The van der Waals surface area contributed by atoms with E-state index in [1.54, 1.807) is 18.9 Å². The van der Waals surface area contributed by atoms with E-state index in [0.29, 0.717) is 26.2 Å². The van der Waals surface area contributed by atoms with Crippen molar-refractivity contribution in [2.24, 2.45) is 0 Å². The van der Waals surface area contributed by atoms with Gasteiger partial charge in [0.1, 0.15) is 0 Å². The van der Waals surface area contributed by atoms with E-state index < -0.39 is 10.0 Å². The number of carbonyl (C=O) groups is 1. The molecule has 1 saturated heterocycles. The van der Waals surface area contributed by atoms with Gasteiger partial charge < -0.3 is 15.4 Å². The Morgan fingerprint density at radius 2 is 1.95 bits per heavy atom. The van der Waals surface area contributed by atoms with Gasteiger partial charge in [-0.1, -0.05) is 0 Å². The third-order valence-corrected chi connectivity index (χ3v) is 5.63. The lowest BCUT2D eigenvalue weighted by Crippen LogP contribution is -2.43. The fourth-order valence-corrected chi connectivity index (χ4v) is 4.20. The summed E-state index contributed by atoms with van der Waals surface area (Å²) in [6, 6.07) is 0. The minimum atomic E-state index is -3.24. The van der Waals surface area contributed by atoms with Crippen LogP contribution in [0.5, 0.6) is 0 Å². The van der Waals surface area contributed by atoms with Crippen molar-refractivity contribution in [1.29, 1.82) is 0 Å². The number of hydrogen-bond donors (Lipinski definition) is 2. The van der Waals surface area contributed by atoms with Gasteiger partial charge in [-0.3, -0.25) is 4.79 Å². The van der Waals surface area contributed by atoms with Gasteiger partial charge in [-0.25, -0.2) is 12.7 Å². The molecule has 0 aromatic rings. The molecule has 126 valence electrons. The molecule has 0 atom stereocenters. The predicted octanol–water partition coefficient (Wildman–Crippen LogP) is -0.861. The molecule has 1 aliphatic rings. The predicted molar refractivity (Wildman–Crippen MR) is 87.7 cm³/mol. The molecule has 10 heteroatoms. The van der Waals surface area contributed by atoms with Crippen molar-refractivity contribution in [3.05, 3.63) is 0 Å². The van der Waals surface area contributed by atoms with Crippen molar-refractivity contribution < 1.29 is 17.9 Å². The first kappa shape index (κ1) is 20.9. The van der Waals surface area contributed by atoms with Gasteiger partial charge in [0.2, 0.25) is 15.9 Å². The molecular formula is C11H24ClN3O4S2. The van der Waals surface area contributed by atoms with Crippen LogP contribution in [0.3, 0.4) is 0 Å². The summed E-state index contributed by atoms with van der Waals surface area (Å²) < 4.78 is 30.3. The van der Waals surface area contributed by atoms with Gasteiger partial charge in [-0.05, 0) is 0 Å². The maximum Gasteiger partial charge on any atom is 0.233 e. The summed E-state index contributed by atoms with van der Waals surface area (Å²) in [5, 5.41) is 5.50. The monoisotopic (exact) mass is 361 g/mol. The summed E-state index contributed by atoms with van der Waals surface area (Å²) in [6.07, 6.45) is 0. The van der Waals surface area contributed by atoms with Crippen LogP contribution < -0.4 is 10.6 Å². The topological polar surface area (TPSA) is 87.7 Å². The van der Waals surface area contributed by atoms with E-state index in [4.69, 9.17) is 4.74 Å². The minimum absolute atomic E-state index is 0. The van der Waals surface area contributed by atoms with E-state index in [9.17, 15) is 13.2 Å². The molecule has 2 N–H and O–H groups in total. The number of carbonyl (C=O) groups excluding carboxylic acids is 1. The molecule has 1 heterocycles. The fraction of sp³-hybridized carbons (Fsp3) is 0.909. The molecule has 0 aliphatic carbocycles. The Morgan fingerprint density at radius 3 is 2.57 bits per heavy atom. The summed E-state index contributed by atoms with van der Waals surface area (Å²) in [4.78, 5) is 11.4. The zero-order chi connectivity index (χ0) is 14.8. The maximum absolute atomic E-state index is 12.0. The van der Waals surface area contributed by atoms with Crippen LogP contribution >= 0.6 is 24.2 Å². The second-order valence-corrected chi connectivity index (χ2v) is 7.66. The van der Waals surface area contributed by atoms with Crippen molar-refractivity contribution in [2.75, 3.05) is 63.7 Å². The van der Waals surface area contributed by atoms with Gasteiger partial charge in [-0.15, -0.1) is 12.4 Å². The molecule has 0 saturated carbocycles. The van der Waals surface area contributed by atoms with E-state index in [2.05, 4.69) is 10.6 Å². The Kier molecular flexibility index (Phi) is 11.5. The number of amides is 1. The first-order valence-corrected chi connectivity index (χ1v) is 9.34. The fourth-order valence-electron chi connectivity index (χ4n) is 1.71. The minimum Gasteiger partial charge on any atom is -0.383 e. The van der Waals surface area contributed by atoms with E-state index in [1.165, 1.54) is 4.31 Å². The molecule has 0 unspecified atom stereocenters. The Balaban J connectivity index is 0.00000400. The van der Waals surface area contributed by atoms with Gasteiger partial charge in [0.15, 0.2) is 0 Å². The molecule has 1 amide bonds. The molecule has 0 radical (unpaired) electrons.